The summed E-state index contributed by atoms with van der Waals surface area (Å²) in [6.07, 6.45) is 3.01. The van der Waals surface area contributed by atoms with Crippen molar-refractivity contribution in [3.05, 3.63) is 75.5 Å². The molecule has 0 fully saturated rings. The third kappa shape index (κ3) is 3.79. The number of aromatic nitrogens is 5. The zero-order chi connectivity index (χ0) is 23.7. The molecule has 10 nitrogen and oxygen atoms in total. The lowest BCUT2D eigenvalue weighted by atomic mass is 10.1. The van der Waals surface area contributed by atoms with Crippen molar-refractivity contribution in [1.29, 1.82) is 10.5 Å². The predicted octanol–water partition coefficient (Wildman–Crippen LogP) is 2.52. The Labute approximate surface area is 186 Å². The van der Waals surface area contributed by atoms with Gasteiger partial charge in [0.1, 0.15) is 35.2 Å². The summed E-state index contributed by atoms with van der Waals surface area (Å²) >= 11 is 0. The molecule has 0 aliphatic rings. The lowest BCUT2D eigenvalue weighted by Gasteiger charge is -2.21. The third-order valence-electron chi connectivity index (χ3n) is 4.95. The number of rotatable bonds is 4. The Morgan fingerprint density at radius 2 is 2.00 bits per heavy atom. The van der Waals surface area contributed by atoms with Crippen LogP contribution in [0.1, 0.15) is 35.6 Å². The van der Waals surface area contributed by atoms with E-state index in [1.165, 1.54) is 10.8 Å². The highest BCUT2D eigenvalue weighted by Crippen LogP contribution is 2.25. The predicted molar refractivity (Wildman–Crippen MR) is 118 cm³/mol. The Bertz CT molecular complexity index is 1530. The number of nitrogen functional groups attached to an aromatic ring is 1. The van der Waals surface area contributed by atoms with Gasteiger partial charge in [-0.1, -0.05) is 0 Å². The minimum atomic E-state index is -0.722. The van der Waals surface area contributed by atoms with Crippen LogP contribution in [0.2, 0.25) is 0 Å². The molecule has 4 rings (SSSR count). The van der Waals surface area contributed by atoms with E-state index in [1.807, 2.05) is 12.1 Å². The highest BCUT2D eigenvalue weighted by atomic mass is 19.1. The largest absolute Gasteiger partial charge is 0.368 e. The average molecular weight is 441 g/mol. The molecule has 0 aliphatic carbocycles. The van der Waals surface area contributed by atoms with Crippen LogP contribution in [0.15, 0.2) is 41.5 Å². The number of nitrogens with two attached hydrogens (primary N) is 1. The smallest absolute Gasteiger partial charge is 0.266 e. The maximum Gasteiger partial charge on any atom is 0.266 e. The van der Waals surface area contributed by atoms with E-state index in [0.29, 0.717) is 11.4 Å². The first-order chi connectivity index (χ1) is 15.8. The van der Waals surface area contributed by atoms with Crippen molar-refractivity contribution in [2.75, 3.05) is 11.1 Å². The van der Waals surface area contributed by atoms with Crippen molar-refractivity contribution in [3.8, 4) is 17.8 Å². The molecule has 0 unspecified atom stereocenters. The molecule has 33 heavy (non-hydrogen) atoms. The molecular weight excluding hydrogens is 425 g/mol. The maximum absolute atomic E-state index is 14.1. The first-order valence-electron chi connectivity index (χ1n) is 9.71. The summed E-state index contributed by atoms with van der Waals surface area (Å²) in [6, 6.07) is 8.58. The molecule has 162 valence electrons. The number of fused-ring (bicyclic) bond motifs is 1. The Morgan fingerprint density at radius 1 is 1.21 bits per heavy atom. The van der Waals surface area contributed by atoms with Gasteiger partial charge in [0.05, 0.1) is 40.1 Å². The van der Waals surface area contributed by atoms with E-state index in [0.717, 1.165) is 12.1 Å². The van der Waals surface area contributed by atoms with E-state index in [9.17, 15) is 19.7 Å². The number of halogens is 1. The van der Waals surface area contributed by atoms with Crippen molar-refractivity contribution in [2.24, 2.45) is 0 Å². The normalized spacial score (nSPS) is 11.5. The van der Waals surface area contributed by atoms with Crippen LogP contribution in [0.4, 0.5) is 16.2 Å². The molecule has 0 radical (unpaired) electrons. The molecule has 11 heteroatoms. The van der Waals surface area contributed by atoms with E-state index < -0.39 is 17.4 Å². The van der Waals surface area contributed by atoms with Gasteiger partial charge in [0.2, 0.25) is 5.95 Å². The van der Waals surface area contributed by atoms with Crippen LogP contribution in [0.5, 0.6) is 0 Å². The van der Waals surface area contributed by atoms with Gasteiger partial charge in [0.25, 0.3) is 5.56 Å². The van der Waals surface area contributed by atoms with Crippen LogP contribution in [0, 0.1) is 35.4 Å². The van der Waals surface area contributed by atoms with E-state index in [1.54, 1.807) is 32.2 Å². The Morgan fingerprint density at radius 3 is 2.67 bits per heavy atom. The van der Waals surface area contributed by atoms with Gasteiger partial charge in [-0.15, -0.1) is 0 Å². The second kappa shape index (κ2) is 8.32. The molecule has 0 bridgehead atoms. The van der Waals surface area contributed by atoms with Gasteiger partial charge in [-0.3, -0.25) is 14.3 Å². The maximum atomic E-state index is 14.1. The van der Waals surface area contributed by atoms with E-state index in [2.05, 4.69) is 25.3 Å². The molecule has 3 N–H and O–H groups in total. The fourth-order valence-corrected chi connectivity index (χ4v) is 3.49. The van der Waals surface area contributed by atoms with Gasteiger partial charge >= 0.3 is 0 Å². The molecule has 0 saturated carbocycles. The lowest BCUT2D eigenvalue weighted by Crippen LogP contribution is -2.28. The number of benzene rings is 1. The molecule has 4 aromatic rings. The van der Waals surface area contributed by atoms with Crippen LogP contribution >= 0.6 is 0 Å². The second-order valence-corrected chi connectivity index (χ2v) is 7.15. The number of nitriles is 2. The van der Waals surface area contributed by atoms with Crippen LogP contribution in [0.3, 0.4) is 0 Å². The van der Waals surface area contributed by atoms with E-state index in [4.69, 9.17) is 5.73 Å². The molecule has 1 aromatic carbocycles. The summed E-state index contributed by atoms with van der Waals surface area (Å²) in [7, 11) is 0. The van der Waals surface area contributed by atoms with Gasteiger partial charge in [-0.05, 0) is 38.1 Å². The summed E-state index contributed by atoms with van der Waals surface area (Å²) < 4.78 is 15.4. The molecule has 0 spiro atoms. The highest BCUT2D eigenvalue weighted by Gasteiger charge is 2.22. The first-order valence-corrected chi connectivity index (χ1v) is 9.71. The van der Waals surface area contributed by atoms with Crippen LogP contribution in [-0.2, 0) is 0 Å². The number of anilines is 2. The second-order valence-electron chi connectivity index (χ2n) is 7.15. The van der Waals surface area contributed by atoms with Crippen molar-refractivity contribution in [2.45, 2.75) is 19.9 Å². The van der Waals surface area contributed by atoms with Gasteiger partial charge in [0, 0.05) is 6.20 Å². The van der Waals surface area contributed by atoms with Crippen molar-refractivity contribution in [3.63, 3.8) is 0 Å². The first kappa shape index (κ1) is 21.3. The number of pyridine rings is 1. The van der Waals surface area contributed by atoms with Crippen molar-refractivity contribution in [1.82, 2.24) is 24.5 Å². The summed E-state index contributed by atoms with van der Waals surface area (Å²) in [5, 5.41) is 22.0. The highest BCUT2D eigenvalue weighted by molar-refractivity contribution is 5.84. The monoisotopic (exact) mass is 441 g/mol. The average Bonchev–Trinajstić information content (AvgIpc) is 2.79. The topological polar surface area (TPSA) is 159 Å². The summed E-state index contributed by atoms with van der Waals surface area (Å²) in [4.78, 5) is 30.1. The molecule has 0 amide bonds. The van der Waals surface area contributed by atoms with E-state index >= 15 is 0 Å². The SMILES string of the molecule is Cc1nc(N)nc(N[C@@H](C)c2nc3c(C#N)cc(F)cc3c(=O)n2-c2cccnc2)c1C#N. The van der Waals surface area contributed by atoms with Crippen molar-refractivity contribution < 1.29 is 4.39 Å². The van der Waals surface area contributed by atoms with Crippen LogP contribution in [-0.4, -0.2) is 24.5 Å². The zero-order valence-corrected chi connectivity index (χ0v) is 17.5. The van der Waals surface area contributed by atoms with Crippen molar-refractivity contribution >= 4 is 22.7 Å². The fourth-order valence-electron chi connectivity index (χ4n) is 3.49. The standard InChI is InChI=1S/C22H16FN9O/c1-11-17(9-25)19(31-22(26)29-11)28-12(2)20-30-18-13(8-24)6-14(23)7-16(18)21(33)32(20)15-4-3-5-27-10-15/h3-7,10,12H,1-2H3,(H3,26,28,29,31)/t12-/m0/s1. The van der Waals surface area contributed by atoms with Gasteiger partial charge < -0.3 is 11.1 Å². The number of aryl methyl sites for hydroxylation is 1. The van der Waals surface area contributed by atoms with E-state index in [-0.39, 0.29) is 39.6 Å². The molecule has 0 saturated heterocycles. The number of nitrogens with zero attached hydrogens (tertiary/aromatic N) is 7. The van der Waals surface area contributed by atoms with Crippen LogP contribution in [0.25, 0.3) is 16.6 Å². The molecular formula is C22H16FN9O. The molecule has 3 aromatic heterocycles. The molecule has 3 heterocycles. The third-order valence-corrected chi connectivity index (χ3v) is 4.95. The molecule has 0 aliphatic heterocycles. The quantitative estimate of drug-likeness (QED) is 0.485. The lowest BCUT2D eigenvalue weighted by molar-refractivity contribution is 0.628. The van der Waals surface area contributed by atoms with Gasteiger partial charge in [-0.25, -0.2) is 14.4 Å². The zero-order valence-electron chi connectivity index (χ0n) is 17.5. The number of hydrogen-bond donors (Lipinski definition) is 2. The molecule has 1 atom stereocenters. The minimum Gasteiger partial charge on any atom is -0.368 e. The Kier molecular flexibility index (Phi) is 5.38. The fraction of sp³-hybridized carbons (Fsp3) is 0.136. The Hall–Kier alpha value is -4.90. The van der Waals surface area contributed by atoms with Gasteiger partial charge in [-0.2, -0.15) is 15.5 Å². The number of hydrogen-bond acceptors (Lipinski definition) is 9. The Balaban J connectivity index is 1.99. The minimum absolute atomic E-state index is 0.0282. The van der Waals surface area contributed by atoms with Gasteiger partial charge in [0.15, 0.2) is 0 Å². The number of nitrogens with one attached hydrogen (secondary N) is 1. The summed E-state index contributed by atoms with van der Waals surface area (Å²) in [5.41, 5.74) is 6.12. The summed E-state index contributed by atoms with van der Waals surface area (Å²) in [6.45, 7) is 3.32. The van der Waals surface area contributed by atoms with Crippen LogP contribution < -0.4 is 16.6 Å². The summed E-state index contributed by atoms with van der Waals surface area (Å²) in [5.74, 6) is -0.385.